The van der Waals surface area contributed by atoms with Crippen molar-refractivity contribution in [1.82, 2.24) is 10.2 Å². The molecule has 1 unspecified atom stereocenters. The number of nitrogens with one attached hydrogen (secondary N) is 1. The van der Waals surface area contributed by atoms with Gasteiger partial charge in [0.05, 0.1) is 0 Å². The summed E-state index contributed by atoms with van der Waals surface area (Å²) in [5.74, 6) is 0. The van der Waals surface area contributed by atoms with Crippen LogP contribution in [0.3, 0.4) is 0 Å². The Kier molecular flexibility index (Phi) is 3.96. The molecule has 0 bridgehead atoms. The van der Waals surface area contributed by atoms with Gasteiger partial charge in [0.25, 0.3) is 0 Å². The third kappa shape index (κ3) is 2.96. The summed E-state index contributed by atoms with van der Waals surface area (Å²) in [4.78, 5) is 2.64. The van der Waals surface area contributed by atoms with Gasteiger partial charge in [0.2, 0.25) is 0 Å². The fourth-order valence-electron chi connectivity index (χ4n) is 2.48. The fraction of sp³-hybridized carbons (Fsp3) is 1.00. The Balaban J connectivity index is 2.53. The minimum atomic E-state index is 0.339. The number of nitrogens with zero attached hydrogens (tertiary/aromatic N) is 1. The summed E-state index contributed by atoms with van der Waals surface area (Å²) < 4.78 is 0. The second-order valence-electron chi connectivity index (χ2n) is 5.45. The van der Waals surface area contributed by atoms with Crippen LogP contribution in [0, 0.1) is 0 Å². The first-order valence-electron chi connectivity index (χ1n) is 5.97. The molecule has 1 rings (SSSR count). The summed E-state index contributed by atoms with van der Waals surface area (Å²) in [6.45, 7) is 13.9. The second-order valence-corrected chi connectivity index (χ2v) is 5.45. The lowest BCUT2D eigenvalue weighted by atomic mass is 10.00. The molecule has 0 saturated carbocycles. The van der Waals surface area contributed by atoms with E-state index in [1.165, 1.54) is 19.4 Å². The molecule has 2 nitrogen and oxygen atoms in total. The summed E-state index contributed by atoms with van der Waals surface area (Å²) in [6.07, 6.45) is 2.54. The molecule has 1 N–H and O–H groups in total. The van der Waals surface area contributed by atoms with Gasteiger partial charge >= 0.3 is 0 Å². The van der Waals surface area contributed by atoms with Crippen LogP contribution >= 0.6 is 0 Å². The van der Waals surface area contributed by atoms with Crippen LogP contribution in [0.4, 0.5) is 0 Å². The first-order valence-corrected chi connectivity index (χ1v) is 5.97. The largest absolute Gasteiger partial charge is 0.310 e. The molecule has 1 aliphatic heterocycles. The second kappa shape index (κ2) is 4.63. The van der Waals surface area contributed by atoms with Gasteiger partial charge in [-0.3, -0.25) is 4.90 Å². The third-order valence-electron chi connectivity index (χ3n) is 3.18. The van der Waals surface area contributed by atoms with Gasteiger partial charge < -0.3 is 5.32 Å². The highest BCUT2D eigenvalue weighted by atomic mass is 15.2. The Hall–Kier alpha value is -0.0800. The summed E-state index contributed by atoms with van der Waals surface area (Å²) in [5.41, 5.74) is 0.339. The van der Waals surface area contributed by atoms with E-state index in [4.69, 9.17) is 0 Å². The van der Waals surface area contributed by atoms with Gasteiger partial charge in [-0.05, 0) is 47.1 Å². The highest BCUT2D eigenvalue weighted by Crippen LogP contribution is 2.23. The maximum Gasteiger partial charge on any atom is 0.0240 e. The molecule has 0 radical (unpaired) electrons. The summed E-state index contributed by atoms with van der Waals surface area (Å²) >= 11 is 0. The summed E-state index contributed by atoms with van der Waals surface area (Å²) in [6, 6.07) is 1.42. The molecule has 1 atom stereocenters. The van der Waals surface area contributed by atoms with Crippen LogP contribution in [0.2, 0.25) is 0 Å². The van der Waals surface area contributed by atoms with Crippen molar-refractivity contribution in [3.8, 4) is 0 Å². The van der Waals surface area contributed by atoms with Crippen molar-refractivity contribution in [2.24, 2.45) is 0 Å². The van der Waals surface area contributed by atoms with Gasteiger partial charge in [-0.1, -0.05) is 6.92 Å². The lowest BCUT2D eigenvalue weighted by Gasteiger charge is -2.32. The maximum absolute atomic E-state index is 3.60. The topological polar surface area (TPSA) is 15.3 Å². The van der Waals surface area contributed by atoms with E-state index in [1.54, 1.807) is 0 Å². The predicted octanol–water partition coefficient (Wildman–Crippen LogP) is 2.25. The lowest BCUT2D eigenvalue weighted by Crippen LogP contribution is -2.42. The molecule has 0 aliphatic carbocycles. The molecule has 0 aromatic rings. The predicted molar refractivity (Wildman–Crippen MR) is 62.6 cm³/mol. The van der Waals surface area contributed by atoms with Crippen LogP contribution in [0.1, 0.15) is 47.5 Å². The summed E-state index contributed by atoms with van der Waals surface area (Å²) in [5, 5.41) is 3.60. The van der Waals surface area contributed by atoms with Crippen LogP contribution in [0.15, 0.2) is 0 Å². The van der Waals surface area contributed by atoms with Crippen molar-refractivity contribution in [3.05, 3.63) is 0 Å². The van der Waals surface area contributed by atoms with Crippen molar-refractivity contribution < 1.29 is 0 Å². The van der Waals surface area contributed by atoms with Gasteiger partial charge in [-0.2, -0.15) is 0 Å². The maximum atomic E-state index is 3.60. The van der Waals surface area contributed by atoms with Crippen molar-refractivity contribution >= 4 is 0 Å². The zero-order valence-corrected chi connectivity index (χ0v) is 10.4. The number of rotatable bonds is 4. The zero-order valence-electron chi connectivity index (χ0n) is 10.4. The van der Waals surface area contributed by atoms with Crippen LogP contribution in [-0.2, 0) is 0 Å². The van der Waals surface area contributed by atoms with E-state index >= 15 is 0 Å². The fourth-order valence-corrected chi connectivity index (χ4v) is 2.48. The SMILES string of the molecule is CCCN(C(C)C)C1CNC(C)(C)C1. The van der Waals surface area contributed by atoms with Gasteiger partial charge in [0, 0.05) is 24.2 Å². The van der Waals surface area contributed by atoms with Gasteiger partial charge in [0.15, 0.2) is 0 Å². The van der Waals surface area contributed by atoms with E-state index in [0.717, 1.165) is 12.6 Å². The van der Waals surface area contributed by atoms with Gasteiger partial charge in [-0.15, -0.1) is 0 Å². The molecule has 1 heterocycles. The Morgan fingerprint density at radius 3 is 2.43 bits per heavy atom. The molecule has 1 fully saturated rings. The average molecular weight is 198 g/mol. The molecule has 14 heavy (non-hydrogen) atoms. The Morgan fingerprint density at radius 2 is 2.07 bits per heavy atom. The Morgan fingerprint density at radius 1 is 1.43 bits per heavy atom. The average Bonchev–Trinajstić information content (AvgIpc) is 2.41. The van der Waals surface area contributed by atoms with E-state index in [1.807, 2.05) is 0 Å². The first kappa shape index (κ1) is 12.0. The van der Waals surface area contributed by atoms with Crippen molar-refractivity contribution in [1.29, 1.82) is 0 Å². The molecular weight excluding hydrogens is 172 g/mol. The van der Waals surface area contributed by atoms with Gasteiger partial charge in [0.1, 0.15) is 0 Å². The van der Waals surface area contributed by atoms with Crippen molar-refractivity contribution in [2.45, 2.75) is 65.1 Å². The summed E-state index contributed by atoms with van der Waals surface area (Å²) in [7, 11) is 0. The highest BCUT2D eigenvalue weighted by Gasteiger charge is 2.34. The molecule has 1 saturated heterocycles. The molecule has 1 aliphatic rings. The first-order chi connectivity index (χ1) is 6.46. The van der Waals surface area contributed by atoms with E-state index in [0.29, 0.717) is 11.6 Å². The smallest absolute Gasteiger partial charge is 0.0240 e. The highest BCUT2D eigenvalue weighted by molar-refractivity contribution is 4.94. The van der Waals surface area contributed by atoms with Crippen LogP contribution in [-0.4, -0.2) is 35.6 Å². The minimum absolute atomic E-state index is 0.339. The Bertz CT molecular complexity index is 175. The molecule has 2 heteroatoms. The molecular formula is C12H26N2. The molecule has 0 spiro atoms. The number of hydrogen-bond acceptors (Lipinski definition) is 2. The third-order valence-corrected chi connectivity index (χ3v) is 3.18. The standard InChI is InChI=1S/C12H26N2/c1-6-7-14(10(2)3)11-8-12(4,5)13-9-11/h10-11,13H,6-9H2,1-5H3. The monoisotopic (exact) mass is 198 g/mol. The number of hydrogen-bond donors (Lipinski definition) is 1. The molecule has 0 aromatic heterocycles. The molecule has 0 aromatic carbocycles. The van der Waals surface area contributed by atoms with Crippen LogP contribution in [0.5, 0.6) is 0 Å². The van der Waals surface area contributed by atoms with E-state index in [2.05, 4.69) is 44.8 Å². The quantitative estimate of drug-likeness (QED) is 0.745. The lowest BCUT2D eigenvalue weighted by molar-refractivity contribution is 0.159. The normalized spacial score (nSPS) is 26.4. The van der Waals surface area contributed by atoms with Crippen LogP contribution < -0.4 is 5.32 Å². The van der Waals surface area contributed by atoms with E-state index < -0.39 is 0 Å². The van der Waals surface area contributed by atoms with E-state index in [9.17, 15) is 0 Å². The van der Waals surface area contributed by atoms with Crippen molar-refractivity contribution in [2.75, 3.05) is 13.1 Å². The molecule has 0 amide bonds. The van der Waals surface area contributed by atoms with Gasteiger partial charge in [-0.25, -0.2) is 0 Å². The zero-order chi connectivity index (χ0) is 10.8. The molecule has 84 valence electrons. The Labute approximate surface area is 89.1 Å². The van der Waals surface area contributed by atoms with Crippen molar-refractivity contribution in [3.63, 3.8) is 0 Å². The van der Waals surface area contributed by atoms with Crippen LogP contribution in [0.25, 0.3) is 0 Å². The minimum Gasteiger partial charge on any atom is -0.310 e. The van der Waals surface area contributed by atoms with E-state index in [-0.39, 0.29) is 0 Å².